The summed E-state index contributed by atoms with van der Waals surface area (Å²) in [5.41, 5.74) is 2.30. The Kier molecular flexibility index (Phi) is 11.3. The molecule has 1 radical (unpaired) electrons. The zero-order chi connectivity index (χ0) is 16.2. The minimum Gasteiger partial charge on any atom is -0.505 e. The van der Waals surface area contributed by atoms with E-state index >= 15 is 0 Å². The molecule has 0 saturated carbocycles. The van der Waals surface area contributed by atoms with Gasteiger partial charge in [0.2, 0.25) is 0 Å². The van der Waals surface area contributed by atoms with E-state index in [4.69, 9.17) is 0 Å². The van der Waals surface area contributed by atoms with Gasteiger partial charge in [-0.25, -0.2) is 4.68 Å². The average molecular weight is 392 g/mol. The van der Waals surface area contributed by atoms with E-state index < -0.39 is 0 Å². The SMILES string of the molecule is CC.Cc1ccccc1-c1c(O)c(C(C)C)nn(C)c1=O.[CH3-].[Y]. The third-order valence-electron chi connectivity index (χ3n) is 3.21. The van der Waals surface area contributed by atoms with Crippen molar-refractivity contribution in [2.24, 2.45) is 7.05 Å². The Morgan fingerprint density at radius 1 is 1.17 bits per heavy atom. The second kappa shape index (κ2) is 10.7. The predicted octanol–water partition coefficient (Wildman–Crippen LogP) is 4.06. The molecule has 0 aliphatic heterocycles. The third kappa shape index (κ3) is 5.25. The van der Waals surface area contributed by atoms with E-state index in [2.05, 4.69) is 5.10 Å². The molecule has 0 spiro atoms. The molecule has 1 heterocycles. The van der Waals surface area contributed by atoms with E-state index in [1.165, 1.54) is 4.68 Å². The predicted molar refractivity (Wildman–Crippen MR) is 93.2 cm³/mol. The maximum atomic E-state index is 12.3. The maximum Gasteiger partial charge on any atom is 0.278 e. The van der Waals surface area contributed by atoms with Crippen LogP contribution in [0.25, 0.3) is 11.1 Å². The number of aromatic hydroxyl groups is 1. The fourth-order valence-electron chi connectivity index (χ4n) is 2.13. The van der Waals surface area contributed by atoms with E-state index in [1.54, 1.807) is 7.05 Å². The van der Waals surface area contributed by atoms with Gasteiger partial charge in [-0.2, -0.15) is 5.10 Å². The van der Waals surface area contributed by atoms with Gasteiger partial charge in [0.1, 0.15) is 5.69 Å². The van der Waals surface area contributed by atoms with Crippen molar-refractivity contribution in [3.8, 4) is 16.9 Å². The fourth-order valence-corrected chi connectivity index (χ4v) is 2.13. The Labute approximate surface area is 164 Å². The summed E-state index contributed by atoms with van der Waals surface area (Å²) in [5.74, 6) is 0.0435. The van der Waals surface area contributed by atoms with Gasteiger partial charge in [-0.1, -0.05) is 52.0 Å². The molecule has 2 aromatic rings. The molecule has 0 atom stereocenters. The smallest absolute Gasteiger partial charge is 0.278 e. The number of rotatable bonds is 2. The van der Waals surface area contributed by atoms with Crippen molar-refractivity contribution in [1.82, 2.24) is 9.78 Å². The molecular weight excluding hydrogens is 365 g/mol. The molecule has 1 aromatic heterocycles. The topological polar surface area (TPSA) is 55.1 Å². The van der Waals surface area contributed by atoms with Crippen molar-refractivity contribution in [1.29, 1.82) is 0 Å². The summed E-state index contributed by atoms with van der Waals surface area (Å²) in [6, 6.07) is 7.53. The second-order valence-corrected chi connectivity index (χ2v) is 5.01. The number of hydrogen-bond donors (Lipinski definition) is 1. The van der Waals surface area contributed by atoms with E-state index in [1.807, 2.05) is 58.9 Å². The molecule has 23 heavy (non-hydrogen) atoms. The zero-order valence-corrected chi connectivity index (χ0v) is 18.1. The minimum absolute atomic E-state index is 0. The standard InChI is InChI=1S/C15H18N2O2.C2H6.CH3.Y/c1-9(2)13-14(18)12(15(19)17(4)16-13)11-8-6-5-7-10(11)3;1-2;;/h5-9,18H,1-4H3;1-2H3;1H3;/q;;-1;. The first-order chi connectivity index (χ1) is 9.93. The molecule has 125 valence electrons. The number of benzene rings is 1. The monoisotopic (exact) mass is 392 g/mol. The molecule has 2 rings (SSSR count). The van der Waals surface area contributed by atoms with Crippen LogP contribution < -0.4 is 5.56 Å². The molecule has 0 aliphatic carbocycles. The first-order valence-electron chi connectivity index (χ1n) is 7.29. The Morgan fingerprint density at radius 2 is 1.70 bits per heavy atom. The normalized spacial score (nSPS) is 9.35. The Balaban J connectivity index is 0. The molecule has 0 fully saturated rings. The molecule has 1 aromatic carbocycles. The maximum absolute atomic E-state index is 12.3. The Hall–Kier alpha value is -0.996. The Morgan fingerprint density at radius 3 is 2.17 bits per heavy atom. The molecule has 0 bridgehead atoms. The van der Waals surface area contributed by atoms with Gasteiger partial charge in [-0.3, -0.25) is 4.79 Å². The van der Waals surface area contributed by atoms with E-state index in [0.29, 0.717) is 11.3 Å². The van der Waals surface area contributed by atoms with Gasteiger partial charge in [-0.15, -0.1) is 0 Å². The summed E-state index contributed by atoms with van der Waals surface area (Å²) < 4.78 is 1.29. The van der Waals surface area contributed by atoms with Crippen molar-refractivity contribution in [3.05, 3.63) is 53.3 Å². The number of hydrogen-bond acceptors (Lipinski definition) is 3. The van der Waals surface area contributed by atoms with Gasteiger partial charge in [0.15, 0.2) is 5.75 Å². The van der Waals surface area contributed by atoms with Crippen LogP contribution in [0.2, 0.25) is 0 Å². The van der Waals surface area contributed by atoms with E-state index in [-0.39, 0.29) is 57.4 Å². The van der Waals surface area contributed by atoms with Crippen LogP contribution in [0.15, 0.2) is 29.1 Å². The minimum atomic E-state index is -0.281. The van der Waals surface area contributed by atoms with Crippen molar-refractivity contribution in [3.63, 3.8) is 0 Å². The summed E-state index contributed by atoms with van der Waals surface area (Å²) in [5, 5.41) is 14.5. The molecule has 4 nitrogen and oxygen atoms in total. The quantitative estimate of drug-likeness (QED) is 0.785. The van der Waals surface area contributed by atoms with Crippen LogP contribution in [0.4, 0.5) is 0 Å². The second-order valence-electron chi connectivity index (χ2n) is 5.01. The van der Waals surface area contributed by atoms with E-state index in [9.17, 15) is 9.90 Å². The number of nitrogens with zero attached hydrogens (tertiary/aromatic N) is 2. The summed E-state index contributed by atoms with van der Waals surface area (Å²) >= 11 is 0. The fraction of sp³-hybridized carbons (Fsp3) is 0.389. The molecular formula is C18H27N2O2Y-. The summed E-state index contributed by atoms with van der Waals surface area (Å²) in [4.78, 5) is 12.3. The van der Waals surface area contributed by atoms with Gasteiger partial charge < -0.3 is 12.5 Å². The van der Waals surface area contributed by atoms with Gasteiger partial charge in [-0.05, 0) is 18.1 Å². The number of aromatic nitrogens is 2. The first kappa shape index (κ1) is 24.3. The molecule has 5 heteroatoms. The third-order valence-corrected chi connectivity index (χ3v) is 3.21. The molecule has 0 aliphatic rings. The zero-order valence-electron chi connectivity index (χ0n) is 15.2. The van der Waals surface area contributed by atoms with Crippen LogP contribution in [-0.4, -0.2) is 14.9 Å². The van der Waals surface area contributed by atoms with Crippen LogP contribution in [0.5, 0.6) is 5.75 Å². The molecule has 1 N–H and O–H groups in total. The van der Waals surface area contributed by atoms with Crippen LogP contribution in [-0.2, 0) is 39.8 Å². The van der Waals surface area contributed by atoms with Gasteiger partial charge >= 0.3 is 0 Å². The first-order valence-corrected chi connectivity index (χ1v) is 7.29. The van der Waals surface area contributed by atoms with Gasteiger partial charge in [0.25, 0.3) is 5.56 Å². The number of aryl methyl sites for hydroxylation is 2. The van der Waals surface area contributed by atoms with Crippen molar-refractivity contribution >= 4 is 0 Å². The van der Waals surface area contributed by atoms with Gasteiger partial charge in [0, 0.05) is 45.7 Å². The summed E-state index contributed by atoms with van der Waals surface area (Å²) in [7, 11) is 1.61. The summed E-state index contributed by atoms with van der Waals surface area (Å²) in [6.07, 6.45) is 0. The van der Waals surface area contributed by atoms with Crippen LogP contribution in [0, 0.1) is 14.4 Å². The summed E-state index contributed by atoms with van der Waals surface area (Å²) in [6.45, 7) is 9.80. The van der Waals surface area contributed by atoms with Crippen LogP contribution in [0.1, 0.15) is 44.9 Å². The average Bonchev–Trinajstić information content (AvgIpc) is 2.47. The van der Waals surface area contributed by atoms with Crippen molar-refractivity contribution in [2.75, 3.05) is 0 Å². The molecule has 0 amide bonds. The van der Waals surface area contributed by atoms with E-state index in [0.717, 1.165) is 11.1 Å². The molecule has 0 unspecified atom stereocenters. The Bertz CT molecular complexity index is 679. The van der Waals surface area contributed by atoms with Crippen molar-refractivity contribution < 1.29 is 37.8 Å². The van der Waals surface area contributed by atoms with Crippen LogP contribution in [0.3, 0.4) is 0 Å². The molecule has 0 saturated heterocycles. The van der Waals surface area contributed by atoms with Crippen LogP contribution >= 0.6 is 0 Å². The largest absolute Gasteiger partial charge is 0.505 e. The van der Waals surface area contributed by atoms with Gasteiger partial charge in [0.05, 0.1) is 5.56 Å². The van der Waals surface area contributed by atoms with Crippen molar-refractivity contribution in [2.45, 2.75) is 40.5 Å².